The number of ether oxygens (including phenoxy) is 1. The quantitative estimate of drug-likeness (QED) is 0.636. The molecule has 0 aromatic carbocycles. The fourth-order valence-electron chi connectivity index (χ4n) is 1.03. The van der Waals surface area contributed by atoms with E-state index in [2.05, 4.69) is 0 Å². The van der Waals surface area contributed by atoms with Crippen molar-refractivity contribution in [3.63, 3.8) is 0 Å². The molecule has 0 saturated carbocycles. The third kappa shape index (κ3) is 6.23. The fraction of sp³-hybridized carbons (Fsp3) is 0.889. The van der Waals surface area contributed by atoms with Crippen LogP contribution in [0.1, 0.15) is 6.42 Å². The number of methoxy groups -OCH3 is 1. The standard InChI is InChI=1S/C9H19NO3S/c1-13-7-5-10(4-6-11)9(12)3-8-14-2/h11H,3-8H2,1-2H3. The molecule has 0 aliphatic heterocycles. The average molecular weight is 221 g/mol. The lowest BCUT2D eigenvalue weighted by Crippen LogP contribution is -2.36. The summed E-state index contributed by atoms with van der Waals surface area (Å²) in [7, 11) is 1.60. The van der Waals surface area contributed by atoms with Gasteiger partial charge < -0.3 is 14.7 Å². The molecule has 0 radical (unpaired) electrons. The van der Waals surface area contributed by atoms with Gasteiger partial charge in [0.25, 0.3) is 0 Å². The third-order valence-electron chi connectivity index (χ3n) is 1.81. The second-order valence-corrected chi connectivity index (χ2v) is 3.83. The minimum atomic E-state index is 0.00865. The fourth-order valence-corrected chi connectivity index (χ4v) is 1.41. The first-order chi connectivity index (χ1) is 6.76. The molecule has 0 atom stereocenters. The van der Waals surface area contributed by atoms with E-state index in [0.717, 1.165) is 5.75 Å². The van der Waals surface area contributed by atoms with Gasteiger partial charge in [-0.25, -0.2) is 0 Å². The monoisotopic (exact) mass is 221 g/mol. The summed E-state index contributed by atoms with van der Waals surface area (Å²) in [4.78, 5) is 13.2. The highest BCUT2D eigenvalue weighted by Crippen LogP contribution is 2.00. The van der Waals surface area contributed by atoms with Crippen molar-refractivity contribution in [2.24, 2.45) is 0 Å². The lowest BCUT2D eigenvalue weighted by atomic mass is 10.3. The van der Waals surface area contributed by atoms with Crippen molar-refractivity contribution in [2.45, 2.75) is 6.42 Å². The molecule has 1 N–H and O–H groups in total. The van der Waals surface area contributed by atoms with E-state index in [1.54, 1.807) is 23.8 Å². The van der Waals surface area contributed by atoms with Crippen LogP contribution in [0.15, 0.2) is 0 Å². The zero-order valence-corrected chi connectivity index (χ0v) is 9.68. The van der Waals surface area contributed by atoms with Crippen LogP contribution in [0, 0.1) is 0 Å². The predicted octanol–water partition coefficient (Wildman–Crippen LogP) is 0.207. The summed E-state index contributed by atoms with van der Waals surface area (Å²) in [6.07, 6.45) is 2.50. The Morgan fingerprint density at radius 3 is 2.71 bits per heavy atom. The minimum Gasteiger partial charge on any atom is -0.395 e. The van der Waals surface area contributed by atoms with E-state index < -0.39 is 0 Å². The molecular weight excluding hydrogens is 202 g/mol. The van der Waals surface area contributed by atoms with Gasteiger partial charge in [-0.15, -0.1) is 0 Å². The molecular formula is C9H19NO3S. The van der Waals surface area contributed by atoms with Crippen molar-refractivity contribution in [1.29, 1.82) is 0 Å². The molecule has 0 saturated heterocycles. The zero-order chi connectivity index (χ0) is 10.8. The van der Waals surface area contributed by atoms with Crippen LogP contribution in [0.5, 0.6) is 0 Å². The Bertz CT molecular complexity index is 155. The molecule has 0 aromatic rings. The molecule has 0 aliphatic rings. The van der Waals surface area contributed by atoms with Crippen LogP contribution in [0.25, 0.3) is 0 Å². The summed E-state index contributed by atoms with van der Waals surface area (Å²) in [5.41, 5.74) is 0. The smallest absolute Gasteiger partial charge is 0.223 e. The van der Waals surface area contributed by atoms with E-state index in [1.165, 1.54) is 0 Å². The number of rotatable bonds is 8. The minimum absolute atomic E-state index is 0.00865. The highest BCUT2D eigenvalue weighted by molar-refractivity contribution is 7.98. The summed E-state index contributed by atoms with van der Waals surface area (Å²) in [6.45, 7) is 1.49. The largest absolute Gasteiger partial charge is 0.395 e. The number of nitrogens with zero attached hydrogens (tertiary/aromatic N) is 1. The zero-order valence-electron chi connectivity index (χ0n) is 8.86. The lowest BCUT2D eigenvalue weighted by Gasteiger charge is -2.21. The Kier molecular flexibility index (Phi) is 9.13. The van der Waals surface area contributed by atoms with Crippen LogP contribution >= 0.6 is 11.8 Å². The van der Waals surface area contributed by atoms with Crippen LogP contribution in [0.3, 0.4) is 0 Å². The Morgan fingerprint density at radius 2 is 2.21 bits per heavy atom. The molecule has 0 fully saturated rings. The first kappa shape index (κ1) is 13.7. The molecule has 5 heteroatoms. The van der Waals surface area contributed by atoms with E-state index in [-0.39, 0.29) is 12.5 Å². The molecule has 0 aromatic heterocycles. The van der Waals surface area contributed by atoms with Gasteiger partial charge in [-0.3, -0.25) is 4.79 Å². The van der Waals surface area contributed by atoms with Crippen molar-refractivity contribution in [1.82, 2.24) is 4.90 Å². The Morgan fingerprint density at radius 1 is 1.50 bits per heavy atom. The highest BCUT2D eigenvalue weighted by Gasteiger charge is 2.11. The van der Waals surface area contributed by atoms with E-state index in [0.29, 0.717) is 26.1 Å². The topological polar surface area (TPSA) is 49.8 Å². The first-order valence-electron chi connectivity index (χ1n) is 4.62. The number of hydrogen-bond donors (Lipinski definition) is 1. The molecule has 0 rings (SSSR count). The summed E-state index contributed by atoms with van der Waals surface area (Å²) >= 11 is 1.65. The van der Waals surface area contributed by atoms with E-state index in [1.807, 2.05) is 6.26 Å². The van der Waals surface area contributed by atoms with Gasteiger partial charge in [0.1, 0.15) is 0 Å². The number of aliphatic hydroxyl groups excluding tert-OH is 1. The number of thioether (sulfide) groups is 1. The lowest BCUT2D eigenvalue weighted by molar-refractivity contribution is -0.131. The SMILES string of the molecule is COCCN(CCO)C(=O)CCSC. The number of aliphatic hydroxyl groups is 1. The maximum absolute atomic E-state index is 11.5. The molecule has 14 heavy (non-hydrogen) atoms. The average Bonchev–Trinajstić information content (AvgIpc) is 2.20. The van der Waals surface area contributed by atoms with Gasteiger partial charge in [0.2, 0.25) is 5.91 Å². The molecule has 4 nitrogen and oxygen atoms in total. The summed E-state index contributed by atoms with van der Waals surface area (Å²) in [6, 6.07) is 0. The number of carbonyl (C=O) groups is 1. The molecule has 1 amide bonds. The second-order valence-electron chi connectivity index (χ2n) is 2.84. The van der Waals surface area contributed by atoms with Gasteiger partial charge in [0, 0.05) is 32.4 Å². The van der Waals surface area contributed by atoms with Crippen LogP contribution in [-0.2, 0) is 9.53 Å². The van der Waals surface area contributed by atoms with E-state index in [4.69, 9.17) is 9.84 Å². The van der Waals surface area contributed by atoms with Crippen molar-refractivity contribution in [3.8, 4) is 0 Å². The highest BCUT2D eigenvalue weighted by atomic mass is 32.2. The van der Waals surface area contributed by atoms with Crippen LogP contribution in [0.4, 0.5) is 0 Å². The molecule has 0 heterocycles. The molecule has 84 valence electrons. The van der Waals surface area contributed by atoms with Crippen LogP contribution < -0.4 is 0 Å². The second kappa shape index (κ2) is 9.30. The molecule has 0 aliphatic carbocycles. The number of carbonyl (C=O) groups excluding carboxylic acids is 1. The van der Waals surface area contributed by atoms with Crippen LogP contribution in [0.2, 0.25) is 0 Å². The summed E-state index contributed by atoms with van der Waals surface area (Å²) in [5.74, 6) is 0.916. The molecule has 0 spiro atoms. The normalized spacial score (nSPS) is 10.2. The molecule has 0 bridgehead atoms. The van der Waals surface area contributed by atoms with Gasteiger partial charge in [0.15, 0.2) is 0 Å². The van der Waals surface area contributed by atoms with Gasteiger partial charge >= 0.3 is 0 Å². The van der Waals surface area contributed by atoms with Crippen LogP contribution in [-0.4, -0.2) is 61.3 Å². The number of amides is 1. The van der Waals surface area contributed by atoms with Gasteiger partial charge in [-0.1, -0.05) is 0 Å². The van der Waals surface area contributed by atoms with Gasteiger partial charge in [0.05, 0.1) is 13.2 Å². The Hall–Kier alpha value is -0.260. The predicted molar refractivity (Wildman–Crippen MR) is 58.5 cm³/mol. The van der Waals surface area contributed by atoms with Gasteiger partial charge in [-0.05, 0) is 6.26 Å². The summed E-state index contributed by atoms with van der Waals surface area (Å²) < 4.78 is 4.89. The van der Waals surface area contributed by atoms with Gasteiger partial charge in [-0.2, -0.15) is 11.8 Å². The first-order valence-corrected chi connectivity index (χ1v) is 6.02. The van der Waals surface area contributed by atoms with Crippen molar-refractivity contribution >= 4 is 17.7 Å². The number of hydrogen-bond acceptors (Lipinski definition) is 4. The maximum atomic E-state index is 11.5. The third-order valence-corrected chi connectivity index (χ3v) is 2.42. The van der Waals surface area contributed by atoms with E-state index >= 15 is 0 Å². The maximum Gasteiger partial charge on any atom is 0.223 e. The van der Waals surface area contributed by atoms with Crippen molar-refractivity contribution in [2.75, 3.05) is 45.4 Å². The van der Waals surface area contributed by atoms with E-state index in [9.17, 15) is 4.79 Å². The van der Waals surface area contributed by atoms with Crippen molar-refractivity contribution in [3.05, 3.63) is 0 Å². The Balaban J connectivity index is 3.84. The Labute approximate surface area is 89.6 Å². The summed E-state index contributed by atoms with van der Waals surface area (Å²) in [5, 5.41) is 8.77. The van der Waals surface area contributed by atoms with Crippen molar-refractivity contribution < 1.29 is 14.6 Å². The molecule has 0 unspecified atom stereocenters.